The molecule has 2 aromatic heterocycles. The maximum absolute atomic E-state index is 14.6. The number of alkyl halides is 3. The molecule has 1 N–H and O–H groups in total. The molecule has 2 aliphatic carbocycles. The first-order valence-corrected chi connectivity index (χ1v) is 9.80. The molecule has 0 radical (unpaired) electrons. The molecule has 2 saturated carbocycles. The van der Waals surface area contributed by atoms with Gasteiger partial charge < -0.3 is 5.32 Å². The van der Waals surface area contributed by atoms with Crippen LogP contribution in [0.3, 0.4) is 0 Å². The van der Waals surface area contributed by atoms with E-state index in [1.807, 2.05) is 6.20 Å². The van der Waals surface area contributed by atoms with E-state index in [0.29, 0.717) is 30.5 Å². The van der Waals surface area contributed by atoms with Crippen molar-refractivity contribution in [1.82, 2.24) is 19.9 Å². The second kappa shape index (κ2) is 6.52. The van der Waals surface area contributed by atoms with Crippen LogP contribution in [0.2, 0.25) is 0 Å². The third-order valence-corrected chi connectivity index (χ3v) is 6.04. The zero-order valence-corrected chi connectivity index (χ0v) is 15.8. The fourth-order valence-electron chi connectivity index (χ4n) is 4.03. The Kier molecular flexibility index (Phi) is 4.13. The number of hydrogen-bond acceptors (Lipinski definition) is 3. The Labute approximate surface area is 169 Å². The highest BCUT2D eigenvalue weighted by Crippen LogP contribution is 2.44. The number of fused-ring (bicyclic) bond motifs is 1. The van der Waals surface area contributed by atoms with E-state index >= 15 is 0 Å². The highest BCUT2D eigenvalue weighted by Gasteiger charge is 2.43. The maximum Gasteiger partial charge on any atom is 0.416 e. The molecule has 9 heteroatoms. The molecule has 0 aliphatic heterocycles. The number of hydrogen-bond donors (Lipinski definition) is 1. The normalized spacial score (nSPS) is 18.3. The molecule has 0 unspecified atom stereocenters. The summed E-state index contributed by atoms with van der Waals surface area (Å²) in [5.41, 5.74) is -0.318. The van der Waals surface area contributed by atoms with Gasteiger partial charge >= 0.3 is 6.18 Å². The van der Waals surface area contributed by atoms with Crippen LogP contribution in [0.4, 0.5) is 17.6 Å². The van der Waals surface area contributed by atoms with Crippen molar-refractivity contribution in [3.63, 3.8) is 0 Å². The summed E-state index contributed by atoms with van der Waals surface area (Å²) >= 11 is 0. The SMILES string of the molecule is O=C(NC1(c2ccc(C(F)(F)F)cc2F)CCC1)c1cnn2cc(C3CC3)cnc12. The van der Waals surface area contributed by atoms with Crippen molar-refractivity contribution in [2.75, 3.05) is 0 Å². The van der Waals surface area contributed by atoms with Crippen LogP contribution in [-0.4, -0.2) is 20.5 Å². The molecule has 156 valence electrons. The lowest BCUT2D eigenvalue weighted by molar-refractivity contribution is -0.137. The van der Waals surface area contributed by atoms with E-state index in [4.69, 9.17) is 0 Å². The molecular weight excluding hydrogens is 400 g/mol. The molecule has 1 amide bonds. The summed E-state index contributed by atoms with van der Waals surface area (Å²) in [6.07, 6.45) is 4.22. The van der Waals surface area contributed by atoms with Gasteiger partial charge in [0.2, 0.25) is 0 Å². The monoisotopic (exact) mass is 418 g/mol. The smallest absolute Gasteiger partial charge is 0.342 e. The average Bonchev–Trinajstić information content (AvgIpc) is 3.43. The molecular formula is C21H18F4N4O. The van der Waals surface area contributed by atoms with E-state index in [1.54, 1.807) is 10.7 Å². The predicted molar refractivity (Wildman–Crippen MR) is 99.4 cm³/mol. The molecule has 30 heavy (non-hydrogen) atoms. The standard InChI is InChI=1S/C21H18F4N4O/c22-17-8-14(21(23,24)25)4-5-16(17)20(6-1-7-20)28-19(30)15-10-27-29-11-13(12-2-3-12)9-26-18(15)29/h4-5,8-12H,1-3,6-7H2,(H,28,30). The maximum atomic E-state index is 14.6. The van der Waals surface area contributed by atoms with E-state index in [9.17, 15) is 22.4 Å². The molecule has 5 rings (SSSR count). The van der Waals surface area contributed by atoms with Gasteiger partial charge in [0.1, 0.15) is 11.4 Å². The molecule has 0 bridgehead atoms. The van der Waals surface area contributed by atoms with E-state index in [-0.39, 0.29) is 11.1 Å². The van der Waals surface area contributed by atoms with Crippen molar-refractivity contribution < 1.29 is 22.4 Å². The topological polar surface area (TPSA) is 59.3 Å². The summed E-state index contributed by atoms with van der Waals surface area (Å²) < 4.78 is 54.7. The lowest BCUT2D eigenvalue weighted by atomic mass is 9.71. The Morgan fingerprint density at radius 1 is 1.20 bits per heavy atom. The van der Waals surface area contributed by atoms with Gasteiger partial charge in [0.15, 0.2) is 5.65 Å². The van der Waals surface area contributed by atoms with Gasteiger partial charge in [-0.2, -0.15) is 18.3 Å². The number of aromatic nitrogens is 3. The largest absolute Gasteiger partial charge is 0.416 e. The van der Waals surface area contributed by atoms with Crippen molar-refractivity contribution in [2.24, 2.45) is 0 Å². The summed E-state index contributed by atoms with van der Waals surface area (Å²) in [5.74, 6) is -0.961. The Morgan fingerprint density at radius 2 is 1.97 bits per heavy atom. The first kappa shape index (κ1) is 19.0. The second-order valence-corrected chi connectivity index (χ2v) is 8.07. The van der Waals surface area contributed by atoms with Gasteiger partial charge in [0, 0.05) is 18.0 Å². The van der Waals surface area contributed by atoms with Crippen molar-refractivity contribution >= 4 is 11.6 Å². The van der Waals surface area contributed by atoms with E-state index in [1.165, 1.54) is 6.20 Å². The van der Waals surface area contributed by atoms with Crippen LogP contribution in [0.5, 0.6) is 0 Å². The lowest BCUT2D eigenvalue weighted by Crippen LogP contribution is -2.51. The van der Waals surface area contributed by atoms with Gasteiger partial charge in [0.25, 0.3) is 5.91 Å². The number of carbonyl (C=O) groups is 1. The highest BCUT2D eigenvalue weighted by molar-refractivity contribution is 6.00. The van der Waals surface area contributed by atoms with Crippen molar-refractivity contribution in [3.05, 3.63) is 64.9 Å². The van der Waals surface area contributed by atoms with Crippen LogP contribution in [0.1, 0.15) is 65.1 Å². The average molecular weight is 418 g/mol. The summed E-state index contributed by atoms with van der Waals surface area (Å²) in [6.45, 7) is 0. The van der Waals surface area contributed by atoms with E-state index < -0.39 is 29.0 Å². The molecule has 5 nitrogen and oxygen atoms in total. The van der Waals surface area contributed by atoms with Crippen LogP contribution in [-0.2, 0) is 11.7 Å². The van der Waals surface area contributed by atoms with Crippen molar-refractivity contribution in [1.29, 1.82) is 0 Å². The van der Waals surface area contributed by atoms with Crippen molar-refractivity contribution in [3.8, 4) is 0 Å². The van der Waals surface area contributed by atoms with Crippen LogP contribution in [0.25, 0.3) is 5.65 Å². The number of rotatable bonds is 4. The lowest BCUT2D eigenvalue weighted by Gasteiger charge is -2.43. The molecule has 2 fully saturated rings. The van der Waals surface area contributed by atoms with Crippen molar-refractivity contribution in [2.45, 2.75) is 49.7 Å². The zero-order valence-electron chi connectivity index (χ0n) is 15.8. The van der Waals surface area contributed by atoms with Crippen LogP contribution in [0.15, 0.2) is 36.8 Å². The molecule has 2 aliphatic rings. The quantitative estimate of drug-likeness (QED) is 0.632. The Bertz CT molecular complexity index is 1150. The van der Waals surface area contributed by atoms with Crippen LogP contribution in [0, 0.1) is 5.82 Å². The Balaban J connectivity index is 1.44. The molecule has 1 aromatic carbocycles. The molecule has 0 saturated heterocycles. The van der Waals surface area contributed by atoms with Crippen LogP contribution >= 0.6 is 0 Å². The molecule has 0 spiro atoms. The summed E-state index contributed by atoms with van der Waals surface area (Å²) in [4.78, 5) is 17.3. The Morgan fingerprint density at radius 3 is 2.57 bits per heavy atom. The zero-order chi connectivity index (χ0) is 21.1. The fraction of sp³-hybridized carbons (Fsp3) is 0.381. The molecule has 0 atom stereocenters. The number of carbonyl (C=O) groups excluding carboxylic acids is 1. The van der Waals surface area contributed by atoms with Crippen LogP contribution < -0.4 is 5.32 Å². The third-order valence-electron chi connectivity index (χ3n) is 6.04. The first-order valence-electron chi connectivity index (χ1n) is 9.80. The number of halogens is 4. The van der Waals surface area contributed by atoms with Gasteiger partial charge in [-0.25, -0.2) is 13.9 Å². The van der Waals surface area contributed by atoms with Gasteiger partial charge in [-0.1, -0.05) is 6.07 Å². The Hall–Kier alpha value is -2.97. The van der Waals surface area contributed by atoms with Gasteiger partial charge in [-0.15, -0.1) is 0 Å². The first-order chi connectivity index (χ1) is 14.3. The van der Waals surface area contributed by atoms with Gasteiger partial charge in [0.05, 0.1) is 17.3 Å². The highest BCUT2D eigenvalue weighted by atomic mass is 19.4. The summed E-state index contributed by atoms with van der Waals surface area (Å²) in [5, 5.41) is 7.04. The minimum absolute atomic E-state index is 0.0653. The molecule has 3 aromatic rings. The van der Waals surface area contributed by atoms with Gasteiger partial charge in [-0.3, -0.25) is 4.79 Å². The second-order valence-electron chi connectivity index (χ2n) is 8.07. The fourth-order valence-corrected chi connectivity index (χ4v) is 4.03. The summed E-state index contributed by atoms with van der Waals surface area (Å²) in [6, 6.07) is 2.45. The number of nitrogens with zero attached hydrogens (tertiary/aromatic N) is 3. The predicted octanol–water partition coefficient (Wildman–Crippen LogP) is 4.57. The van der Waals surface area contributed by atoms with Gasteiger partial charge in [-0.05, 0) is 55.7 Å². The van der Waals surface area contributed by atoms with E-state index in [2.05, 4.69) is 15.4 Å². The number of nitrogens with one attached hydrogen (secondary N) is 1. The minimum atomic E-state index is -4.63. The summed E-state index contributed by atoms with van der Waals surface area (Å²) in [7, 11) is 0. The van der Waals surface area contributed by atoms with E-state index in [0.717, 1.165) is 37.0 Å². The third kappa shape index (κ3) is 3.12. The number of amides is 1. The molecule has 2 heterocycles. The number of benzene rings is 1. The minimum Gasteiger partial charge on any atom is -0.342 e.